The molecule has 0 spiro atoms. The Hall–Kier alpha value is -3.04. The van der Waals surface area contributed by atoms with E-state index in [0.717, 1.165) is 38.4 Å². The topological polar surface area (TPSA) is 107 Å². The maximum atomic E-state index is 12.2. The number of carbonyl (C=O) groups excluding carboxylic acids is 1. The molecular formula is C19H22N4O5. The van der Waals surface area contributed by atoms with Gasteiger partial charge in [0.25, 0.3) is 5.69 Å². The van der Waals surface area contributed by atoms with E-state index in [1.807, 2.05) is 0 Å². The first-order valence-corrected chi connectivity index (χ1v) is 8.95. The van der Waals surface area contributed by atoms with Gasteiger partial charge in [-0.2, -0.15) is 0 Å². The number of anilines is 1. The summed E-state index contributed by atoms with van der Waals surface area (Å²) in [4.78, 5) is 29.2. The highest BCUT2D eigenvalue weighted by molar-refractivity contribution is 5.96. The van der Waals surface area contributed by atoms with Gasteiger partial charge in [-0.3, -0.25) is 15.0 Å². The maximum absolute atomic E-state index is 12.2. The second kappa shape index (κ2) is 9.25. The molecule has 1 aliphatic heterocycles. The number of ether oxygens (including phenoxy) is 2. The van der Waals surface area contributed by atoms with E-state index in [4.69, 9.17) is 9.47 Å². The number of pyridine rings is 1. The highest BCUT2D eigenvalue weighted by atomic mass is 16.6. The molecule has 0 aliphatic carbocycles. The molecule has 9 heteroatoms. The van der Waals surface area contributed by atoms with Crippen molar-refractivity contribution >= 4 is 17.5 Å². The van der Waals surface area contributed by atoms with Gasteiger partial charge in [-0.15, -0.1) is 0 Å². The molecule has 2 aromatic rings. The highest BCUT2D eigenvalue weighted by Gasteiger charge is 2.16. The molecule has 28 heavy (non-hydrogen) atoms. The Morgan fingerprint density at radius 1 is 1.29 bits per heavy atom. The third-order valence-corrected chi connectivity index (χ3v) is 4.53. The van der Waals surface area contributed by atoms with Crippen LogP contribution in [0.15, 0.2) is 36.5 Å². The fraction of sp³-hybridized carbons (Fsp3) is 0.368. The van der Waals surface area contributed by atoms with E-state index in [2.05, 4.69) is 15.2 Å². The fourth-order valence-electron chi connectivity index (χ4n) is 2.96. The van der Waals surface area contributed by atoms with Crippen molar-refractivity contribution in [2.75, 3.05) is 51.8 Å². The molecule has 3 rings (SSSR count). The number of morpholine rings is 1. The lowest BCUT2D eigenvalue weighted by atomic mass is 10.1. The SMILES string of the molecule is COC(=O)c1cc(-c2ccc([N+](=O)[O-])cc2)cnc1NCCN1CCOCC1. The van der Waals surface area contributed by atoms with Gasteiger partial charge < -0.3 is 14.8 Å². The van der Waals surface area contributed by atoms with Gasteiger partial charge in [-0.1, -0.05) is 0 Å². The van der Waals surface area contributed by atoms with Crippen molar-refractivity contribution in [3.8, 4) is 11.1 Å². The van der Waals surface area contributed by atoms with Gasteiger partial charge in [-0.05, 0) is 23.8 Å². The Kier molecular flexibility index (Phi) is 6.51. The lowest BCUT2D eigenvalue weighted by Gasteiger charge is -2.26. The number of methoxy groups -OCH3 is 1. The van der Waals surface area contributed by atoms with Gasteiger partial charge in [-0.25, -0.2) is 9.78 Å². The Bertz CT molecular complexity index is 835. The van der Waals surface area contributed by atoms with E-state index in [1.54, 1.807) is 24.4 Å². The van der Waals surface area contributed by atoms with Crippen LogP contribution in [0.4, 0.5) is 11.5 Å². The zero-order valence-corrected chi connectivity index (χ0v) is 15.6. The first-order valence-electron chi connectivity index (χ1n) is 8.95. The van der Waals surface area contributed by atoms with Gasteiger partial charge in [0.1, 0.15) is 11.4 Å². The second-order valence-electron chi connectivity index (χ2n) is 6.30. The molecule has 0 saturated carbocycles. The molecule has 9 nitrogen and oxygen atoms in total. The van der Waals surface area contributed by atoms with Crippen molar-refractivity contribution in [2.45, 2.75) is 0 Å². The molecule has 1 saturated heterocycles. The van der Waals surface area contributed by atoms with E-state index in [1.165, 1.54) is 19.2 Å². The minimum Gasteiger partial charge on any atom is -0.465 e. The molecule has 0 atom stereocenters. The van der Waals surface area contributed by atoms with E-state index >= 15 is 0 Å². The Labute approximate surface area is 162 Å². The van der Waals surface area contributed by atoms with Crippen LogP contribution in [0.25, 0.3) is 11.1 Å². The average molecular weight is 386 g/mol. The molecular weight excluding hydrogens is 364 g/mol. The lowest BCUT2D eigenvalue weighted by Crippen LogP contribution is -2.39. The molecule has 2 heterocycles. The number of hydrogen-bond donors (Lipinski definition) is 1. The fourth-order valence-corrected chi connectivity index (χ4v) is 2.96. The summed E-state index contributed by atoms with van der Waals surface area (Å²) in [5, 5.41) is 14.0. The first kappa shape index (κ1) is 19.7. The normalized spacial score (nSPS) is 14.5. The van der Waals surface area contributed by atoms with Crippen LogP contribution in [0.1, 0.15) is 10.4 Å². The van der Waals surface area contributed by atoms with Gasteiger partial charge in [0.2, 0.25) is 0 Å². The van der Waals surface area contributed by atoms with Crippen molar-refractivity contribution in [3.05, 3.63) is 52.2 Å². The van der Waals surface area contributed by atoms with Crippen LogP contribution in [0, 0.1) is 10.1 Å². The minimum absolute atomic E-state index is 0.00583. The number of nitro groups is 1. The molecule has 1 fully saturated rings. The maximum Gasteiger partial charge on any atom is 0.341 e. The zero-order chi connectivity index (χ0) is 19.9. The molecule has 0 bridgehead atoms. The van der Waals surface area contributed by atoms with Gasteiger partial charge >= 0.3 is 5.97 Å². The van der Waals surface area contributed by atoms with Crippen LogP contribution in [0.5, 0.6) is 0 Å². The van der Waals surface area contributed by atoms with E-state index in [9.17, 15) is 14.9 Å². The van der Waals surface area contributed by atoms with E-state index < -0.39 is 10.9 Å². The van der Waals surface area contributed by atoms with Crippen LogP contribution in [-0.4, -0.2) is 67.3 Å². The highest BCUT2D eigenvalue weighted by Crippen LogP contribution is 2.25. The van der Waals surface area contributed by atoms with Crippen LogP contribution in [-0.2, 0) is 9.47 Å². The van der Waals surface area contributed by atoms with Gasteiger partial charge in [0.15, 0.2) is 0 Å². The largest absolute Gasteiger partial charge is 0.465 e. The molecule has 0 unspecified atom stereocenters. The summed E-state index contributed by atoms with van der Waals surface area (Å²) < 4.78 is 10.2. The number of non-ortho nitro benzene ring substituents is 1. The standard InChI is InChI=1S/C19H22N4O5/c1-27-19(24)17-12-15(14-2-4-16(5-3-14)23(25)26)13-21-18(17)20-6-7-22-8-10-28-11-9-22/h2-5,12-13H,6-11H2,1H3,(H,20,21). The molecule has 0 amide bonds. The van der Waals surface area contributed by atoms with Gasteiger partial charge in [0, 0.05) is 50.1 Å². The number of esters is 1. The van der Waals surface area contributed by atoms with Crippen molar-refractivity contribution in [1.82, 2.24) is 9.88 Å². The van der Waals surface area contributed by atoms with Crippen molar-refractivity contribution < 1.29 is 19.2 Å². The smallest absolute Gasteiger partial charge is 0.341 e. The van der Waals surface area contributed by atoms with E-state index in [0.29, 0.717) is 23.5 Å². The molecule has 1 aliphatic rings. The monoisotopic (exact) mass is 386 g/mol. The van der Waals surface area contributed by atoms with Gasteiger partial charge in [0.05, 0.1) is 25.2 Å². The molecule has 0 radical (unpaired) electrons. The number of nitro benzene ring substituents is 1. The van der Waals surface area contributed by atoms with Crippen molar-refractivity contribution in [3.63, 3.8) is 0 Å². The predicted molar refractivity (Wildman–Crippen MR) is 103 cm³/mol. The number of nitrogens with zero attached hydrogens (tertiary/aromatic N) is 3. The van der Waals surface area contributed by atoms with Crippen LogP contribution in [0.3, 0.4) is 0 Å². The molecule has 1 aromatic carbocycles. The summed E-state index contributed by atoms with van der Waals surface area (Å²) in [5.41, 5.74) is 1.73. The molecule has 1 aromatic heterocycles. The number of rotatable bonds is 7. The number of aromatic nitrogens is 1. The summed E-state index contributed by atoms with van der Waals surface area (Å²) in [5.74, 6) is -0.0455. The number of hydrogen-bond acceptors (Lipinski definition) is 8. The first-order chi connectivity index (χ1) is 13.6. The van der Waals surface area contributed by atoms with Crippen molar-refractivity contribution in [1.29, 1.82) is 0 Å². The molecule has 148 valence electrons. The number of carbonyl (C=O) groups is 1. The van der Waals surface area contributed by atoms with E-state index in [-0.39, 0.29) is 5.69 Å². The summed E-state index contributed by atoms with van der Waals surface area (Å²) in [6.45, 7) is 4.69. The number of nitrogens with one attached hydrogen (secondary N) is 1. The second-order valence-corrected chi connectivity index (χ2v) is 6.30. The Balaban J connectivity index is 1.75. The summed E-state index contributed by atoms with van der Waals surface area (Å²) >= 11 is 0. The minimum atomic E-state index is -0.495. The molecule has 1 N–H and O–H groups in total. The van der Waals surface area contributed by atoms with Crippen LogP contribution in [0.2, 0.25) is 0 Å². The summed E-state index contributed by atoms with van der Waals surface area (Å²) in [7, 11) is 1.32. The Morgan fingerprint density at radius 3 is 2.64 bits per heavy atom. The third-order valence-electron chi connectivity index (χ3n) is 4.53. The summed E-state index contributed by atoms with van der Waals surface area (Å²) in [6, 6.07) is 7.77. The Morgan fingerprint density at radius 2 is 2.00 bits per heavy atom. The third kappa shape index (κ3) is 4.81. The lowest BCUT2D eigenvalue weighted by molar-refractivity contribution is -0.384. The summed E-state index contributed by atoms with van der Waals surface area (Å²) in [6.07, 6.45) is 1.63. The van der Waals surface area contributed by atoms with Crippen LogP contribution >= 0.6 is 0 Å². The quantitative estimate of drug-likeness (QED) is 0.438. The van der Waals surface area contributed by atoms with Crippen LogP contribution < -0.4 is 5.32 Å². The average Bonchev–Trinajstić information content (AvgIpc) is 2.74. The predicted octanol–water partition coefficient (Wildman–Crippen LogP) is 2.19. The van der Waals surface area contributed by atoms with Crippen molar-refractivity contribution in [2.24, 2.45) is 0 Å². The zero-order valence-electron chi connectivity index (χ0n) is 15.6. The number of benzene rings is 1.